The number of rotatable bonds is 8. The number of nitrogens with zero attached hydrogens (tertiary/aromatic N) is 2. The first-order valence-electron chi connectivity index (χ1n) is 9.46. The molecule has 0 unspecified atom stereocenters. The van der Waals surface area contributed by atoms with Crippen molar-refractivity contribution in [1.82, 2.24) is 4.90 Å². The van der Waals surface area contributed by atoms with Crippen LogP contribution >= 0.6 is 11.8 Å². The van der Waals surface area contributed by atoms with Crippen LogP contribution < -0.4 is 14.2 Å². The number of aliphatic imine (C=N–C) groups is 1. The summed E-state index contributed by atoms with van der Waals surface area (Å²) >= 11 is 1.18. The minimum atomic E-state index is -1.05. The fraction of sp³-hybridized carbons (Fsp3) is 0.174. The Morgan fingerprint density at radius 1 is 1.16 bits per heavy atom. The van der Waals surface area contributed by atoms with Gasteiger partial charge in [0.1, 0.15) is 0 Å². The van der Waals surface area contributed by atoms with Crippen LogP contribution in [0, 0.1) is 0 Å². The second kappa shape index (κ2) is 10.1. The zero-order valence-electron chi connectivity index (χ0n) is 17.8. The van der Waals surface area contributed by atoms with Crippen LogP contribution in [0.15, 0.2) is 59.0 Å². The van der Waals surface area contributed by atoms with E-state index in [0.29, 0.717) is 38.6 Å². The van der Waals surface area contributed by atoms with Crippen molar-refractivity contribution in [3.05, 3.63) is 65.1 Å². The molecular weight excluding hydrogens is 432 g/mol. The number of thioether (sulfide) groups is 1. The quantitative estimate of drug-likeness (QED) is 0.472. The minimum Gasteiger partial charge on any atom is -0.493 e. The summed E-state index contributed by atoms with van der Waals surface area (Å²) in [5, 5.41) is 9.63. The van der Waals surface area contributed by atoms with Gasteiger partial charge in [0.25, 0.3) is 5.91 Å². The molecule has 0 saturated carbocycles. The summed E-state index contributed by atoms with van der Waals surface area (Å²) in [5.74, 6) is 0.0570. The van der Waals surface area contributed by atoms with E-state index in [-0.39, 0.29) is 18.0 Å². The van der Waals surface area contributed by atoms with E-state index in [1.165, 1.54) is 50.1 Å². The Morgan fingerprint density at radius 3 is 2.53 bits per heavy atom. The van der Waals surface area contributed by atoms with Gasteiger partial charge in [-0.25, -0.2) is 9.79 Å². The normalized spacial score (nSPS) is 15.8. The third-order valence-corrected chi connectivity index (χ3v) is 5.55. The lowest BCUT2D eigenvalue weighted by molar-refractivity contribution is -0.121. The fourth-order valence-corrected chi connectivity index (χ4v) is 4.08. The second-order valence-corrected chi connectivity index (χ2v) is 7.50. The summed E-state index contributed by atoms with van der Waals surface area (Å²) in [6.07, 6.45) is 3.29. The maximum atomic E-state index is 13.1. The summed E-state index contributed by atoms with van der Waals surface area (Å²) < 4.78 is 16.2. The maximum Gasteiger partial charge on any atom is 0.335 e. The average Bonchev–Trinajstić information content (AvgIpc) is 3.07. The molecule has 3 rings (SSSR count). The SMILES string of the molecule is C=CCN1C(=O)/C(=C/c2ccc(OC)c(OC)c2OC)SC1=Nc1cccc(C(=O)O)c1. The molecule has 1 heterocycles. The molecule has 0 spiro atoms. The molecule has 1 aliphatic rings. The molecule has 1 aliphatic heterocycles. The highest BCUT2D eigenvalue weighted by molar-refractivity contribution is 8.18. The molecular formula is C23H22N2O6S. The van der Waals surface area contributed by atoms with Crippen LogP contribution in [0.5, 0.6) is 17.2 Å². The lowest BCUT2D eigenvalue weighted by atomic mass is 10.1. The molecule has 0 bridgehead atoms. The molecule has 32 heavy (non-hydrogen) atoms. The van der Waals surface area contributed by atoms with Crippen molar-refractivity contribution in [3.8, 4) is 17.2 Å². The molecule has 2 aromatic rings. The largest absolute Gasteiger partial charge is 0.493 e. The van der Waals surface area contributed by atoms with Crippen molar-refractivity contribution in [3.63, 3.8) is 0 Å². The van der Waals surface area contributed by atoms with Crippen LogP contribution in [0.4, 0.5) is 5.69 Å². The molecule has 166 valence electrons. The van der Waals surface area contributed by atoms with Gasteiger partial charge in [-0.2, -0.15) is 0 Å². The summed E-state index contributed by atoms with van der Waals surface area (Å²) in [5.41, 5.74) is 1.18. The van der Waals surface area contributed by atoms with Gasteiger partial charge >= 0.3 is 5.97 Å². The Kier molecular flexibility index (Phi) is 7.21. The topological polar surface area (TPSA) is 97.7 Å². The van der Waals surface area contributed by atoms with Crippen molar-refractivity contribution in [2.24, 2.45) is 4.99 Å². The van der Waals surface area contributed by atoms with E-state index in [4.69, 9.17) is 14.2 Å². The highest BCUT2D eigenvalue weighted by Gasteiger charge is 2.33. The van der Waals surface area contributed by atoms with Crippen LogP contribution in [0.25, 0.3) is 6.08 Å². The van der Waals surface area contributed by atoms with Gasteiger partial charge < -0.3 is 19.3 Å². The van der Waals surface area contributed by atoms with E-state index in [1.54, 1.807) is 36.4 Å². The van der Waals surface area contributed by atoms with E-state index in [9.17, 15) is 14.7 Å². The number of carboxylic acids is 1. The molecule has 1 N–H and O–H groups in total. The van der Waals surface area contributed by atoms with E-state index in [2.05, 4.69) is 11.6 Å². The molecule has 0 aromatic heterocycles. The fourth-order valence-electron chi connectivity index (χ4n) is 3.08. The lowest BCUT2D eigenvalue weighted by Crippen LogP contribution is -2.29. The second-order valence-electron chi connectivity index (χ2n) is 6.49. The van der Waals surface area contributed by atoms with Gasteiger partial charge in [0, 0.05) is 12.1 Å². The number of aromatic carboxylic acids is 1. The van der Waals surface area contributed by atoms with Crippen LogP contribution in [0.3, 0.4) is 0 Å². The molecule has 0 atom stereocenters. The summed E-state index contributed by atoms with van der Waals surface area (Å²) in [6.45, 7) is 3.96. The van der Waals surface area contributed by atoms with E-state index >= 15 is 0 Å². The lowest BCUT2D eigenvalue weighted by Gasteiger charge is -2.14. The van der Waals surface area contributed by atoms with Crippen LogP contribution in [-0.4, -0.2) is 54.9 Å². The van der Waals surface area contributed by atoms with Gasteiger partial charge in [0.2, 0.25) is 5.75 Å². The smallest absolute Gasteiger partial charge is 0.335 e. The number of carbonyl (C=O) groups excluding carboxylic acids is 1. The Balaban J connectivity index is 2.04. The van der Waals surface area contributed by atoms with Crippen molar-refractivity contribution in [1.29, 1.82) is 0 Å². The summed E-state index contributed by atoms with van der Waals surface area (Å²) in [7, 11) is 4.55. The standard InChI is InChI=1S/C23H22N2O6S/c1-5-11-25-21(26)18(13-14-9-10-17(29-2)20(31-4)19(14)30-3)32-23(25)24-16-8-6-7-15(12-16)22(27)28/h5-10,12-13H,1,11H2,2-4H3,(H,27,28)/b18-13-,24-23?. The molecule has 8 nitrogen and oxygen atoms in total. The Labute approximate surface area is 189 Å². The van der Waals surface area contributed by atoms with Gasteiger partial charge in [-0.1, -0.05) is 12.1 Å². The number of benzene rings is 2. The maximum absolute atomic E-state index is 13.1. The van der Waals surface area contributed by atoms with Gasteiger partial charge in [-0.05, 0) is 48.2 Å². The number of ether oxygens (including phenoxy) is 3. The monoisotopic (exact) mass is 454 g/mol. The Hall–Kier alpha value is -3.72. The molecule has 1 amide bonds. The van der Waals surface area contributed by atoms with Gasteiger partial charge in [0.15, 0.2) is 16.7 Å². The predicted molar refractivity (Wildman–Crippen MR) is 124 cm³/mol. The Bertz CT molecular complexity index is 1130. The molecule has 9 heteroatoms. The van der Waals surface area contributed by atoms with Crippen molar-refractivity contribution in [2.45, 2.75) is 0 Å². The zero-order chi connectivity index (χ0) is 23.3. The van der Waals surface area contributed by atoms with Crippen LogP contribution in [0.2, 0.25) is 0 Å². The third kappa shape index (κ3) is 4.62. The number of amides is 1. The van der Waals surface area contributed by atoms with E-state index < -0.39 is 5.97 Å². The first-order chi connectivity index (χ1) is 15.4. The minimum absolute atomic E-state index is 0.113. The van der Waals surface area contributed by atoms with Crippen molar-refractivity contribution >= 4 is 40.6 Å². The zero-order valence-corrected chi connectivity index (χ0v) is 18.6. The predicted octanol–water partition coefficient (Wildman–Crippen LogP) is 4.20. The number of carboxylic acid groups (broad SMARTS) is 1. The van der Waals surface area contributed by atoms with Gasteiger partial charge in [-0.3, -0.25) is 9.69 Å². The van der Waals surface area contributed by atoms with Crippen molar-refractivity contribution in [2.75, 3.05) is 27.9 Å². The summed E-state index contributed by atoms with van der Waals surface area (Å²) in [6, 6.07) is 9.71. The molecule has 1 fully saturated rings. The highest BCUT2D eigenvalue weighted by atomic mass is 32.2. The molecule has 1 saturated heterocycles. The van der Waals surface area contributed by atoms with Gasteiger partial charge in [-0.15, -0.1) is 6.58 Å². The van der Waals surface area contributed by atoms with Crippen LogP contribution in [0.1, 0.15) is 15.9 Å². The average molecular weight is 455 g/mol. The summed E-state index contributed by atoms with van der Waals surface area (Å²) in [4.78, 5) is 30.7. The van der Waals surface area contributed by atoms with Crippen LogP contribution in [-0.2, 0) is 4.79 Å². The molecule has 0 aliphatic carbocycles. The first-order valence-corrected chi connectivity index (χ1v) is 10.3. The highest BCUT2D eigenvalue weighted by Crippen LogP contribution is 2.42. The van der Waals surface area contributed by atoms with Gasteiger partial charge in [0.05, 0.1) is 37.5 Å². The van der Waals surface area contributed by atoms with Crippen molar-refractivity contribution < 1.29 is 28.9 Å². The molecule has 0 radical (unpaired) electrons. The number of methoxy groups -OCH3 is 3. The number of hydrogen-bond acceptors (Lipinski definition) is 7. The van der Waals surface area contributed by atoms with E-state index in [0.717, 1.165) is 0 Å². The number of amidine groups is 1. The third-order valence-electron chi connectivity index (χ3n) is 4.54. The first kappa shape index (κ1) is 23.0. The Morgan fingerprint density at radius 2 is 1.91 bits per heavy atom. The molecule has 2 aromatic carbocycles. The van der Waals surface area contributed by atoms with E-state index in [1.807, 2.05) is 0 Å². The number of hydrogen-bond donors (Lipinski definition) is 1. The number of carbonyl (C=O) groups is 2.